The number of amides is 2. The molecule has 2 aromatic rings. The molecule has 0 radical (unpaired) electrons. The number of carbonyl (C=O) groups excluding carboxylic acids is 2. The average molecular weight is 337 g/mol. The Kier molecular flexibility index (Phi) is 5.98. The highest BCUT2D eigenvalue weighted by Gasteiger charge is 2.14. The van der Waals surface area contributed by atoms with Gasteiger partial charge in [-0.2, -0.15) is 0 Å². The number of benzene rings is 1. The standard InChI is InChI=1S/C16H17ClN2O2S/c1-12(20)19(15-7-3-2-6-14(15)17)9-8-18-16(21)11-13-5-4-10-22-13/h2-7,10H,8-9,11H2,1H3,(H,18,21). The van der Waals surface area contributed by atoms with E-state index < -0.39 is 0 Å². The van der Waals surface area contributed by atoms with E-state index in [4.69, 9.17) is 11.6 Å². The predicted molar refractivity (Wildman–Crippen MR) is 90.5 cm³/mol. The Morgan fingerprint density at radius 3 is 2.64 bits per heavy atom. The van der Waals surface area contributed by atoms with Gasteiger partial charge in [-0.15, -0.1) is 11.3 Å². The van der Waals surface area contributed by atoms with Gasteiger partial charge in [0.05, 0.1) is 17.1 Å². The third-order valence-electron chi connectivity index (χ3n) is 3.10. The molecule has 0 atom stereocenters. The highest BCUT2D eigenvalue weighted by molar-refractivity contribution is 7.10. The Morgan fingerprint density at radius 1 is 1.23 bits per heavy atom. The molecule has 0 bridgehead atoms. The van der Waals surface area contributed by atoms with Crippen LogP contribution in [0.25, 0.3) is 0 Å². The van der Waals surface area contributed by atoms with Crippen LogP contribution in [0.3, 0.4) is 0 Å². The van der Waals surface area contributed by atoms with Gasteiger partial charge in [0.1, 0.15) is 0 Å². The van der Waals surface area contributed by atoms with Gasteiger partial charge in [0.15, 0.2) is 0 Å². The third-order valence-corrected chi connectivity index (χ3v) is 4.29. The van der Waals surface area contributed by atoms with Gasteiger partial charge in [0.2, 0.25) is 11.8 Å². The quantitative estimate of drug-likeness (QED) is 0.881. The number of rotatable bonds is 6. The van der Waals surface area contributed by atoms with Gasteiger partial charge < -0.3 is 10.2 Å². The molecular weight excluding hydrogens is 320 g/mol. The number of hydrogen-bond acceptors (Lipinski definition) is 3. The van der Waals surface area contributed by atoms with E-state index in [-0.39, 0.29) is 11.8 Å². The van der Waals surface area contributed by atoms with Crippen LogP contribution in [-0.2, 0) is 16.0 Å². The lowest BCUT2D eigenvalue weighted by Crippen LogP contribution is -2.38. The van der Waals surface area contributed by atoms with Crippen LogP contribution in [0, 0.1) is 0 Å². The van der Waals surface area contributed by atoms with E-state index in [0.29, 0.717) is 30.2 Å². The number of nitrogens with zero attached hydrogens (tertiary/aromatic N) is 1. The number of halogens is 1. The summed E-state index contributed by atoms with van der Waals surface area (Å²) in [5, 5.41) is 5.28. The summed E-state index contributed by atoms with van der Waals surface area (Å²) in [6.45, 7) is 2.25. The molecule has 116 valence electrons. The van der Waals surface area contributed by atoms with E-state index in [1.807, 2.05) is 29.6 Å². The lowest BCUT2D eigenvalue weighted by Gasteiger charge is -2.22. The molecule has 0 aliphatic carbocycles. The molecular formula is C16H17ClN2O2S. The zero-order valence-corrected chi connectivity index (χ0v) is 13.8. The van der Waals surface area contributed by atoms with E-state index in [0.717, 1.165) is 4.88 Å². The first-order valence-corrected chi connectivity index (χ1v) is 8.15. The first kappa shape index (κ1) is 16.5. The SMILES string of the molecule is CC(=O)N(CCNC(=O)Cc1cccs1)c1ccccc1Cl. The first-order chi connectivity index (χ1) is 10.6. The van der Waals surface area contributed by atoms with Crippen molar-refractivity contribution in [1.29, 1.82) is 0 Å². The molecule has 4 nitrogen and oxygen atoms in total. The Morgan fingerprint density at radius 2 is 2.00 bits per heavy atom. The van der Waals surface area contributed by atoms with Crippen LogP contribution in [0.5, 0.6) is 0 Å². The summed E-state index contributed by atoms with van der Waals surface area (Å²) in [6, 6.07) is 11.0. The molecule has 1 N–H and O–H groups in total. The fourth-order valence-electron chi connectivity index (χ4n) is 2.06. The predicted octanol–water partition coefficient (Wildman–Crippen LogP) is 3.11. The van der Waals surface area contributed by atoms with Gasteiger partial charge in [-0.05, 0) is 23.6 Å². The molecule has 0 aliphatic heterocycles. The van der Waals surface area contributed by atoms with Crippen molar-refractivity contribution in [3.05, 3.63) is 51.7 Å². The van der Waals surface area contributed by atoms with Gasteiger partial charge in [-0.1, -0.05) is 29.8 Å². The molecule has 0 saturated carbocycles. The minimum Gasteiger partial charge on any atom is -0.354 e. The summed E-state index contributed by atoms with van der Waals surface area (Å²) in [4.78, 5) is 26.2. The summed E-state index contributed by atoms with van der Waals surface area (Å²) in [5.74, 6) is -0.161. The Labute approximate surface area is 138 Å². The molecule has 1 heterocycles. The van der Waals surface area contributed by atoms with Crippen molar-refractivity contribution >= 4 is 40.4 Å². The fourth-order valence-corrected chi connectivity index (χ4v) is 3.00. The van der Waals surface area contributed by atoms with Gasteiger partial charge in [0, 0.05) is 24.9 Å². The maximum Gasteiger partial charge on any atom is 0.225 e. The van der Waals surface area contributed by atoms with Crippen LogP contribution in [0.1, 0.15) is 11.8 Å². The number of para-hydroxylation sites is 1. The number of hydrogen-bond donors (Lipinski definition) is 1. The second kappa shape index (κ2) is 7.96. The molecule has 0 fully saturated rings. The molecule has 0 aliphatic rings. The zero-order chi connectivity index (χ0) is 15.9. The van der Waals surface area contributed by atoms with Crippen LogP contribution in [0.2, 0.25) is 5.02 Å². The molecule has 22 heavy (non-hydrogen) atoms. The summed E-state index contributed by atoms with van der Waals surface area (Å²) in [5.41, 5.74) is 0.657. The topological polar surface area (TPSA) is 49.4 Å². The van der Waals surface area contributed by atoms with Crippen molar-refractivity contribution in [2.45, 2.75) is 13.3 Å². The third kappa shape index (κ3) is 4.58. The number of thiophene rings is 1. The molecule has 2 amide bonds. The van der Waals surface area contributed by atoms with Crippen LogP contribution in [-0.4, -0.2) is 24.9 Å². The maximum absolute atomic E-state index is 11.8. The summed E-state index contributed by atoms with van der Waals surface area (Å²) in [7, 11) is 0. The van der Waals surface area contributed by atoms with Crippen LogP contribution >= 0.6 is 22.9 Å². The molecule has 0 unspecified atom stereocenters. The molecule has 0 saturated heterocycles. The Hall–Kier alpha value is -1.85. The summed E-state index contributed by atoms with van der Waals surface area (Å²) in [6.07, 6.45) is 0.365. The second-order valence-corrected chi connectivity index (χ2v) is 6.17. The van der Waals surface area contributed by atoms with E-state index in [1.54, 1.807) is 28.4 Å². The lowest BCUT2D eigenvalue weighted by atomic mass is 10.2. The van der Waals surface area contributed by atoms with Crippen LogP contribution in [0.4, 0.5) is 5.69 Å². The fraction of sp³-hybridized carbons (Fsp3) is 0.250. The molecule has 6 heteroatoms. The van der Waals surface area contributed by atoms with Crippen molar-refractivity contribution in [3.63, 3.8) is 0 Å². The number of nitrogens with one attached hydrogen (secondary N) is 1. The lowest BCUT2D eigenvalue weighted by molar-refractivity contribution is -0.120. The van der Waals surface area contributed by atoms with Crippen molar-refractivity contribution in [2.24, 2.45) is 0 Å². The Balaban J connectivity index is 1.89. The van der Waals surface area contributed by atoms with Crippen LogP contribution in [0.15, 0.2) is 41.8 Å². The first-order valence-electron chi connectivity index (χ1n) is 6.89. The average Bonchev–Trinajstić information content (AvgIpc) is 2.97. The van der Waals surface area contributed by atoms with E-state index in [2.05, 4.69) is 5.32 Å². The molecule has 1 aromatic carbocycles. The number of anilines is 1. The molecule has 1 aromatic heterocycles. The van der Waals surface area contributed by atoms with Crippen molar-refractivity contribution in [3.8, 4) is 0 Å². The zero-order valence-electron chi connectivity index (χ0n) is 12.2. The normalized spacial score (nSPS) is 10.3. The molecule has 2 rings (SSSR count). The van der Waals surface area contributed by atoms with Crippen molar-refractivity contribution in [1.82, 2.24) is 5.32 Å². The summed E-state index contributed by atoms with van der Waals surface area (Å²) >= 11 is 7.67. The molecule has 0 spiro atoms. The second-order valence-electron chi connectivity index (χ2n) is 4.73. The maximum atomic E-state index is 11.8. The van der Waals surface area contributed by atoms with Gasteiger partial charge in [-0.3, -0.25) is 9.59 Å². The van der Waals surface area contributed by atoms with Gasteiger partial charge >= 0.3 is 0 Å². The van der Waals surface area contributed by atoms with E-state index >= 15 is 0 Å². The Bertz CT molecular complexity index is 643. The highest BCUT2D eigenvalue weighted by Crippen LogP contribution is 2.24. The van der Waals surface area contributed by atoms with Gasteiger partial charge in [0.25, 0.3) is 0 Å². The minimum atomic E-state index is -0.111. The van der Waals surface area contributed by atoms with Gasteiger partial charge in [-0.25, -0.2) is 0 Å². The smallest absolute Gasteiger partial charge is 0.225 e. The largest absolute Gasteiger partial charge is 0.354 e. The highest BCUT2D eigenvalue weighted by atomic mass is 35.5. The monoisotopic (exact) mass is 336 g/mol. The van der Waals surface area contributed by atoms with Crippen LogP contribution < -0.4 is 10.2 Å². The van der Waals surface area contributed by atoms with Crippen molar-refractivity contribution < 1.29 is 9.59 Å². The summed E-state index contributed by atoms with van der Waals surface area (Å²) < 4.78 is 0. The minimum absolute atomic E-state index is 0.0508. The number of carbonyl (C=O) groups is 2. The van der Waals surface area contributed by atoms with E-state index in [9.17, 15) is 9.59 Å². The van der Waals surface area contributed by atoms with E-state index in [1.165, 1.54) is 6.92 Å². The van der Waals surface area contributed by atoms with Crippen molar-refractivity contribution in [2.75, 3.05) is 18.0 Å².